The molecule has 3 heteroatoms. The first-order chi connectivity index (χ1) is 6.29. The molecule has 0 amide bonds. The van der Waals surface area contributed by atoms with Crippen LogP contribution in [-0.2, 0) is 0 Å². The summed E-state index contributed by atoms with van der Waals surface area (Å²) in [7, 11) is 0. The summed E-state index contributed by atoms with van der Waals surface area (Å²) in [6.07, 6.45) is 1.28. The summed E-state index contributed by atoms with van der Waals surface area (Å²) in [5, 5.41) is 1.07. The zero-order valence-electron chi connectivity index (χ0n) is 7.14. The number of pyridine rings is 1. The van der Waals surface area contributed by atoms with E-state index in [4.69, 9.17) is 11.5 Å². The molecule has 13 heavy (non-hydrogen) atoms. The maximum atomic E-state index is 5.62. The van der Waals surface area contributed by atoms with Crippen molar-refractivity contribution in [2.45, 2.75) is 6.17 Å². The molecule has 2 aromatic rings. The van der Waals surface area contributed by atoms with Crippen LogP contribution in [0.1, 0.15) is 11.7 Å². The van der Waals surface area contributed by atoms with E-state index in [2.05, 4.69) is 4.98 Å². The highest BCUT2D eigenvalue weighted by molar-refractivity contribution is 5.81. The van der Waals surface area contributed by atoms with Gasteiger partial charge in [-0.15, -0.1) is 0 Å². The second-order valence-electron chi connectivity index (χ2n) is 2.95. The first kappa shape index (κ1) is 8.16. The van der Waals surface area contributed by atoms with E-state index in [1.54, 1.807) is 6.20 Å². The molecule has 0 saturated carbocycles. The molecule has 0 radical (unpaired) electrons. The van der Waals surface area contributed by atoms with Crippen LogP contribution in [0.4, 0.5) is 0 Å². The quantitative estimate of drug-likeness (QED) is 0.636. The van der Waals surface area contributed by atoms with Crippen molar-refractivity contribution in [2.75, 3.05) is 0 Å². The highest BCUT2D eigenvalue weighted by Crippen LogP contribution is 2.17. The van der Waals surface area contributed by atoms with E-state index >= 15 is 0 Å². The van der Waals surface area contributed by atoms with E-state index in [1.807, 2.05) is 30.3 Å². The molecule has 3 nitrogen and oxygen atoms in total. The Labute approximate surface area is 76.4 Å². The zero-order valence-corrected chi connectivity index (χ0v) is 7.14. The van der Waals surface area contributed by atoms with Crippen molar-refractivity contribution in [3.05, 3.63) is 42.1 Å². The van der Waals surface area contributed by atoms with Gasteiger partial charge in [0.25, 0.3) is 0 Å². The second-order valence-corrected chi connectivity index (χ2v) is 2.95. The summed E-state index contributed by atoms with van der Waals surface area (Å²) >= 11 is 0. The Morgan fingerprint density at radius 1 is 1.08 bits per heavy atom. The molecule has 0 saturated heterocycles. The van der Waals surface area contributed by atoms with E-state index in [9.17, 15) is 0 Å². The van der Waals surface area contributed by atoms with Gasteiger partial charge in [0.05, 0.1) is 11.7 Å². The normalized spacial score (nSPS) is 11.0. The molecule has 1 aromatic heterocycles. The lowest BCUT2D eigenvalue weighted by Crippen LogP contribution is -2.20. The standard InChI is InChI=1S/C10H11N3/c11-10(12)8-5-1-3-7-4-2-6-13-9(7)8/h1-6,10H,11-12H2. The maximum absolute atomic E-state index is 5.62. The topological polar surface area (TPSA) is 64.9 Å². The summed E-state index contributed by atoms with van der Waals surface area (Å²) in [5.41, 5.74) is 13.0. The molecule has 0 spiro atoms. The number of rotatable bonds is 1. The summed E-state index contributed by atoms with van der Waals surface area (Å²) < 4.78 is 0. The number of para-hydroxylation sites is 1. The van der Waals surface area contributed by atoms with Gasteiger partial charge in [0.1, 0.15) is 0 Å². The molecular weight excluding hydrogens is 162 g/mol. The molecule has 2 rings (SSSR count). The largest absolute Gasteiger partial charge is 0.312 e. The Morgan fingerprint density at radius 3 is 2.62 bits per heavy atom. The summed E-state index contributed by atoms with van der Waals surface area (Å²) in [5.74, 6) is 0. The van der Waals surface area contributed by atoms with Gasteiger partial charge in [-0.05, 0) is 6.07 Å². The van der Waals surface area contributed by atoms with Gasteiger partial charge in [-0.3, -0.25) is 4.98 Å². The van der Waals surface area contributed by atoms with Gasteiger partial charge in [-0.1, -0.05) is 24.3 Å². The summed E-state index contributed by atoms with van der Waals surface area (Å²) in [4.78, 5) is 4.24. The Morgan fingerprint density at radius 2 is 1.85 bits per heavy atom. The molecule has 0 aliphatic carbocycles. The number of aromatic nitrogens is 1. The molecule has 0 atom stereocenters. The lowest BCUT2D eigenvalue weighted by Gasteiger charge is -2.07. The molecule has 66 valence electrons. The summed E-state index contributed by atoms with van der Waals surface area (Å²) in [6.45, 7) is 0. The lowest BCUT2D eigenvalue weighted by molar-refractivity contribution is 0.779. The van der Waals surface area contributed by atoms with Crippen LogP contribution in [-0.4, -0.2) is 4.98 Å². The predicted octanol–water partition coefficient (Wildman–Crippen LogP) is 1.15. The zero-order chi connectivity index (χ0) is 9.26. The fraction of sp³-hybridized carbons (Fsp3) is 0.100. The highest BCUT2D eigenvalue weighted by Gasteiger charge is 2.04. The average Bonchev–Trinajstić information content (AvgIpc) is 2.17. The van der Waals surface area contributed by atoms with E-state index in [1.165, 1.54) is 0 Å². The summed E-state index contributed by atoms with van der Waals surface area (Å²) in [6, 6.07) is 9.72. The second kappa shape index (κ2) is 3.12. The Bertz CT molecular complexity index is 418. The minimum atomic E-state index is -0.460. The average molecular weight is 173 g/mol. The SMILES string of the molecule is NC(N)c1cccc2cccnc12. The molecule has 0 aliphatic heterocycles. The van der Waals surface area contributed by atoms with Gasteiger partial charge in [0, 0.05) is 17.1 Å². The molecule has 0 fully saturated rings. The molecule has 1 aromatic carbocycles. The van der Waals surface area contributed by atoms with Crippen LogP contribution < -0.4 is 11.5 Å². The smallest absolute Gasteiger partial charge is 0.0806 e. The monoisotopic (exact) mass is 173 g/mol. The third kappa shape index (κ3) is 1.39. The molecule has 0 bridgehead atoms. The van der Waals surface area contributed by atoms with Crippen LogP contribution in [0, 0.1) is 0 Å². The van der Waals surface area contributed by atoms with Gasteiger partial charge >= 0.3 is 0 Å². The van der Waals surface area contributed by atoms with Gasteiger partial charge in [0.15, 0.2) is 0 Å². The Kier molecular flexibility index (Phi) is 1.96. The minimum absolute atomic E-state index is 0.460. The Balaban J connectivity index is 2.76. The van der Waals surface area contributed by atoms with E-state index in [0.29, 0.717) is 0 Å². The number of hydrogen-bond donors (Lipinski definition) is 2. The third-order valence-corrected chi connectivity index (χ3v) is 2.02. The maximum Gasteiger partial charge on any atom is 0.0806 e. The van der Waals surface area contributed by atoms with Gasteiger partial charge in [0.2, 0.25) is 0 Å². The third-order valence-electron chi connectivity index (χ3n) is 2.02. The highest BCUT2D eigenvalue weighted by atomic mass is 14.9. The van der Waals surface area contributed by atoms with Crippen molar-refractivity contribution in [3.63, 3.8) is 0 Å². The molecular formula is C10H11N3. The first-order valence-electron chi connectivity index (χ1n) is 4.14. The van der Waals surface area contributed by atoms with Gasteiger partial charge in [-0.25, -0.2) is 0 Å². The number of nitrogens with zero attached hydrogens (tertiary/aromatic N) is 1. The first-order valence-corrected chi connectivity index (χ1v) is 4.14. The number of hydrogen-bond acceptors (Lipinski definition) is 3. The van der Waals surface area contributed by atoms with Gasteiger partial charge in [-0.2, -0.15) is 0 Å². The fourth-order valence-electron chi connectivity index (χ4n) is 1.40. The van der Waals surface area contributed by atoms with Crippen LogP contribution in [0.15, 0.2) is 36.5 Å². The minimum Gasteiger partial charge on any atom is -0.312 e. The number of nitrogens with two attached hydrogens (primary N) is 2. The predicted molar refractivity (Wildman–Crippen MR) is 52.9 cm³/mol. The van der Waals surface area contributed by atoms with Crippen LogP contribution in [0.3, 0.4) is 0 Å². The molecule has 1 heterocycles. The van der Waals surface area contributed by atoms with Crippen molar-refractivity contribution in [1.82, 2.24) is 4.98 Å². The molecule has 4 N–H and O–H groups in total. The van der Waals surface area contributed by atoms with Crippen LogP contribution in [0.25, 0.3) is 10.9 Å². The Hall–Kier alpha value is -1.45. The number of benzene rings is 1. The van der Waals surface area contributed by atoms with Gasteiger partial charge < -0.3 is 11.5 Å². The van der Waals surface area contributed by atoms with Crippen molar-refractivity contribution < 1.29 is 0 Å². The molecule has 0 unspecified atom stereocenters. The van der Waals surface area contributed by atoms with Crippen LogP contribution in [0.5, 0.6) is 0 Å². The van der Waals surface area contributed by atoms with Crippen molar-refractivity contribution in [2.24, 2.45) is 11.5 Å². The van der Waals surface area contributed by atoms with Crippen LogP contribution in [0.2, 0.25) is 0 Å². The van der Waals surface area contributed by atoms with E-state index in [-0.39, 0.29) is 0 Å². The van der Waals surface area contributed by atoms with Crippen molar-refractivity contribution >= 4 is 10.9 Å². The van der Waals surface area contributed by atoms with Crippen molar-refractivity contribution in [3.8, 4) is 0 Å². The van der Waals surface area contributed by atoms with Crippen molar-refractivity contribution in [1.29, 1.82) is 0 Å². The molecule has 0 aliphatic rings. The van der Waals surface area contributed by atoms with E-state index < -0.39 is 6.17 Å². The lowest BCUT2D eigenvalue weighted by atomic mass is 10.1. The fourth-order valence-corrected chi connectivity index (χ4v) is 1.40. The van der Waals surface area contributed by atoms with E-state index in [0.717, 1.165) is 16.5 Å². The number of fused-ring (bicyclic) bond motifs is 1. The van der Waals surface area contributed by atoms with Crippen LogP contribution >= 0.6 is 0 Å².